The molecule has 1 heterocycles. The van der Waals surface area contributed by atoms with E-state index >= 15 is 0 Å². The molecule has 0 saturated carbocycles. The van der Waals surface area contributed by atoms with Crippen LogP contribution < -0.4 is 17.0 Å². The van der Waals surface area contributed by atoms with Gasteiger partial charge in [-0.15, -0.1) is 0 Å². The number of rotatable bonds is 5. The third kappa shape index (κ3) is 3.74. The van der Waals surface area contributed by atoms with E-state index in [0.717, 1.165) is 11.1 Å². The van der Waals surface area contributed by atoms with Crippen LogP contribution in [-0.4, -0.2) is 11.0 Å². The molecular formula is C14H17FN4. The molecule has 0 aliphatic rings. The van der Waals surface area contributed by atoms with Gasteiger partial charge in [0.1, 0.15) is 11.6 Å². The molecule has 1 unspecified atom stereocenters. The average Bonchev–Trinajstić information content (AvgIpc) is 2.43. The Balaban J connectivity index is 2.05. The van der Waals surface area contributed by atoms with E-state index in [0.29, 0.717) is 18.7 Å². The Bertz CT molecular complexity index is 527. The van der Waals surface area contributed by atoms with Crippen LogP contribution in [0, 0.1) is 5.82 Å². The van der Waals surface area contributed by atoms with E-state index in [4.69, 9.17) is 11.6 Å². The summed E-state index contributed by atoms with van der Waals surface area (Å²) in [6, 6.07) is 10.2. The van der Waals surface area contributed by atoms with Crippen LogP contribution in [-0.2, 0) is 12.8 Å². The third-order valence-corrected chi connectivity index (χ3v) is 3.02. The molecule has 0 aliphatic heterocycles. The molecule has 0 saturated heterocycles. The number of pyridine rings is 1. The third-order valence-electron chi connectivity index (χ3n) is 3.02. The fourth-order valence-corrected chi connectivity index (χ4v) is 1.98. The summed E-state index contributed by atoms with van der Waals surface area (Å²) in [5.74, 6) is 5.84. The van der Waals surface area contributed by atoms with Gasteiger partial charge in [-0.25, -0.2) is 9.37 Å². The Hall–Kier alpha value is -1.98. The number of hydrazine groups is 1. The van der Waals surface area contributed by atoms with Crippen LogP contribution in [0.25, 0.3) is 0 Å². The normalized spacial score (nSPS) is 12.3. The van der Waals surface area contributed by atoms with E-state index < -0.39 is 0 Å². The SMILES string of the molecule is NNC(Cc1ccc(F)cc1)Cc1cccnc1N. The lowest BCUT2D eigenvalue weighted by Crippen LogP contribution is -2.38. The predicted molar refractivity (Wildman–Crippen MR) is 73.6 cm³/mol. The summed E-state index contributed by atoms with van der Waals surface area (Å²) in [4.78, 5) is 4.04. The molecule has 1 aromatic carbocycles. The largest absolute Gasteiger partial charge is 0.383 e. The number of hydrogen-bond acceptors (Lipinski definition) is 4. The molecule has 5 heteroatoms. The summed E-state index contributed by atoms with van der Waals surface area (Å²) < 4.78 is 12.8. The maximum atomic E-state index is 12.8. The summed E-state index contributed by atoms with van der Waals surface area (Å²) in [5.41, 5.74) is 10.5. The molecule has 100 valence electrons. The van der Waals surface area contributed by atoms with Crippen LogP contribution in [0.4, 0.5) is 10.2 Å². The molecule has 5 N–H and O–H groups in total. The second-order valence-corrected chi connectivity index (χ2v) is 4.45. The van der Waals surface area contributed by atoms with E-state index in [-0.39, 0.29) is 11.9 Å². The molecule has 1 aromatic heterocycles. The van der Waals surface area contributed by atoms with Crippen molar-refractivity contribution in [2.45, 2.75) is 18.9 Å². The molecule has 0 spiro atoms. The molecule has 0 bridgehead atoms. The van der Waals surface area contributed by atoms with E-state index in [2.05, 4.69) is 10.4 Å². The van der Waals surface area contributed by atoms with Gasteiger partial charge in [0.2, 0.25) is 0 Å². The molecule has 0 radical (unpaired) electrons. The Morgan fingerprint density at radius 3 is 2.53 bits per heavy atom. The molecular weight excluding hydrogens is 243 g/mol. The quantitative estimate of drug-likeness (QED) is 0.561. The minimum absolute atomic E-state index is 0.0250. The van der Waals surface area contributed by atoms with E-state index in [1.807, 2.05) is 12.1 Å². The summed E-state index contributed by atoms with van der Waals surface area (Å²) in [6.45, 7) is 0. The maximum absolute atomic E-state index is 12.8. The highest BCUT2D eigenvalue weighted by molar-refractivity contribution is 5.39. The fourth-order valence-electron chi connectivity index (χ4n) is 1.98. The van der Waals surface area contributed by atoms with Crippen molar-refractivity contribution in [3.8, 4) is 0 Å². The van der Waals surface area contributed by atoms with Crippen molar-refractivity contribution in [1.29, 1.82) is 0 Å². The number of hydrogen-bond donors (Lipinski definition) is 3. The summed E-state index contributed by atoms with van der Waals surface area (Å²) in [7, 11) is 0. The lowest BCUT2D eigenvalue weighted by atomic mass is 10.00. The average molecular weight is 260 g/mol. The molecule has 2 aromatic rings. The summed E-state index contributed by atoms with van der Waals surface area (Å²) in [6.07, 6.45) is 3.03. The number of nitrogens with one attached hydrogen (secondary N) is 1. The molecule has 19 heavy (non-hydrogen) atoms. The van der Waals surface area contributed by atoms with Crippen molar-refractivity contribution in [3.05, 3.63) is 59.5 Å². The van der Waals surface area contributed by atoms with Crippen LogP contribution >= 0.6 is 0 Å². The van der Waals surface area contributed by atoms with Crippen molar-refractivity contribution < 1.29 is 4.39 Å². The first-order valence-corrected chi connectivity index (χ1v) is 6.09. The first-order valence-electron chi connectivity index (χ1n) is 6.09. The van der Waals surface area contributed by atoms with E-state index in [1.54, 1.807) is 18.3 Å². The smallest absolute Gasteiger partial charge is 0.126 e. The van der Waals surface area contributed by atoms with Crippen molar-refractivity contribution in [2.75, 3.05) is 5.73 Å². The van der Waals surface area contributed by atoms with Gasteiger partial charge < -0.3 is 5.73 Å². The van der Waals surface area contributed by atoms with Gasteiger partial charge in [-0.2, -0.15) is 0 Å². The number of nitrogens with zero attached hydrogens (tertiary/aromatic N) is 1. The number of aromatic nitrogens is 1. The van der Waals surface area contributed by atoms with Gasteiger partial charge in [0.05, 0.1) is 0 Å². The van der Waals surface area contributed by atoms with Crippen LogP contribution in [0.2, 0.25) is 0 Å². The Morgan fingerprint density at radius 2 is 1.89 bits per heavy atom. The van der Waals surface area contributed by atoms with Gasteiger partial charge in [-0.05, 0) is 42.2 Å². The zero-order valence-electron chi connectivity index (χ0n) is 10.5. The summed E-state index contributed by atoms with van der Waals surface area (Å²) >= 11 is 0. The van der Waals surface area contributed by atoms with Gasteiger partial charge in [0, 0.05) is 12.2 Å². The van der Waals surface area contributed by atoms with Gasteiger partial charge in [-0.3, -0.25) is 11.3 Å². The number of benzene rings is 1. The first kappa shape index (κ1) is 13.5. The molecule has 4 nitrogen and oxygen atoms in total. The zero-order chi connectivity index (χ0) is 13.7. The van der Waals surface area contributed by atoms with Crippen LogP contribution in [0.1, 0.15) is 11.1 Å². The maximum Gasteiger partial charge on any atom is 0.126 e. The van der Waals surface area contributed by atoms with Crippen LogP contribution in [0.5, 0.6) is 0 Å². The molecule has 0 fully saturated rings. The number of anilines is 1. The predicted octanol–water partition coefficient (Wildman–Crippen LogP) is 1.42. The van der Waals surface area contributed by atoms with Crippen LogP contribution in [0.15, 0.2) is 42.6 Å². The second-order valence-electron chi connectivity index (χ2n) is 4.45. The Labute approximate surface area is 111 Å². The van der Waals surface area contributed by atoms with Gasteiger partial charge >= 0.3 is 0 Å². The van der Waals surface area contributed by atoms with Crippen molar-refractivity contribution in [2.24, 2.45) is 5.84 Å². The minimum Gasteiger partial charge on any atom is -0.383 e. The highest BCUT2D eigenvalue weighted by atomic mass is 19.1. The van der Waals surface area contributed by atoms with Gasteiger partial charge in [0.25, 0.3) is 0 Å². The topological polar surface area (TPSA) is 77.0 Å². The lowest BCUT2D eigenvalue weighted by molar-refractivity contribution is 0.522. The molecule has 2 rings (SSSR count). The van der Waals surface area contributed by atoms with Crippen molar-refractivity contribution in [1.82, 2.24) is 10.4 Å². The highest BCUT2D eigenvalue weighted by Gasteiger charge is 2.11. The molecule has 0 amide bonds. The van der Waals surface area contributed by atoms with Crippen molar-refractivity contribution >= 4 is 5.82 Å². The fraction of sp³-hybridized carbons (Fsp3) is 0.214. The number of nitrogen functional groups attached to an aromatic ring is 1. The van der Waals surface area contributed by atoms with Gasteiger partial charge in [-0.1, -0.05) is 18.2 Å². The van der Waals surface area contributed by atoms with Crippen LogP contribution in [0.3, 0.4) is 0 Å². The standard InChI is InChI=1S/C14H17FN4/c15-12-5-3-10(4-6-12)8-13(19-17)9-11-2-1-7-18-14(11)16/h1-7,13,19H,8-9,17H2,(H2,16,18). The Morgan fingerprint density at radius 1 is 1.16 bits per heavy atom. The molecule has 1 atom stereocenters. The highest BCUT2D eigenvalue weighted by Crippen LogP contribution is 2.13. The summed E-state index contributed by atoms with van der Waals surface area (Å²) in [5, 5.41) is 0. The monoisotopic (exact) mass is 260 g/mol. The first-order chi connectivity index (χ1) is 9.19. The second kappa shape index (κ2) is 6.26. The number of nitrogens with two attached hydrogens (primary N) is 2. The minimum atomic E-state index is -0.238. The molecule has 0 aliphatic carbocycles. The van der Waals surface area contributed by atoms with Gasteiger partial charge in [0.15, 0.2) is 0 Å². The van der Waals surface area contributed by atoms with Crippen molar-refractivity contribution in [3.63, 3.8) is 0 Å². The van der Waals surface area contributed by atoms with E-state index in [9.17, 15) is 4.39 Å². The van der Waals surface area contributed by atoms with E-state index in [1.165, 1.54) is 12.1 Å². The number of halogens is 1. The zero-order valence-corrected chi connectivity index (χ0v) is 10.5. The Kier molecular flexibility index (Phi) is 4.43. The lowest BCUT2D eigenvalue weighted by Gasteiger charge is -2.16.